The maximum absolute atomic E-state index is 12.8. The molecule has 0 unspecified atom stereocenters. The number of carbonyl (C=O) groups excluding carboxylic acids is 1. The molecule has 0 spiro atoms. The van der Waals surface area contributed by atoms with Gasteiger partial charge in [-0.2, -0.15) is 0 Å². The number of aryl methyl sites for hydroxylation is 1. The summed E-state index contributed by atoms with van der Waals surface area (Å²) in [6, 6.07) is 17.5. The van der Waals surface area contributed by atoms with Crippen molar-refractivity contribution in [3.05, 3.63) is 71.1 Å². The highest BCUT2D eigenvalue weighted by Crippen LogP contribution is 2.42. The largest absolute Gasteiger partial charge is 0.462 e. The molecule has 34 heavy (non-hydrogen) atoms. The maximum atomic E-state index is 12.8. The topological polar surface area (TPSA) is 68.5 Å². The van der Waals surface area contributed by atoms with Gasteiger partial charge in [0.2, 0.25) is 5.36 Å². The van der Waals surface area contributed by atoms with E-state index >= 15 is 0 Å². The SMILES string of the molecule is CC.CCOC(=O)c1ccccc1-c1c2cc(C)c(=[N+](CC)CC)cc-2oc2cc(N)ccc12. The van der Waals surface area contributed by atoms with Crippen molar-refractivity contribution in [2.24, 2.45) is 0 Å². The molecule has 1 heterocycles. The first-order valence-electron chi connectivity index (χ1n) is 12.1. The molecule has 2 aromatic carbocycles. The van der Waals surface area contributed by atoms with Gasteiger partial charge in [-0.3, -0.25) is 0 Å². The van der Waals surface area contributed by atoms with E-state index in [9.17, 15) is 4.79 Å². The molecule has 178 valence electrons. The van der Waals surface area contributed by atoms with Crippen LogP contribution >= 0.6 is 0 Å². The van der Waals surface area contributed by atoms with Crippen LogP contribution in [0.2, 0.25) is 0 Å². The Bertz CT molecular complexity index is 1350. The lowest BCUT2D eigenvalue weighted by molar-refractivity contribution is 0.0527. The molecule has 4 rings (SSSR count). The normalized spacial score (nSPS) is 10.6. The Kier molecular flexibility index (Phi) is 8.11. The van der Waals surface area contributed by atoms with Crippen LogP contribution in [0.5, 0.6) is 0 Å². The number of carbonyl (C=O) groups is 1. The predicted molar refractivity (Wildman–Crippen MR) is 141 cm³/mol. The fourth-order valence-corrected chi connectivity index (χ4v) is 4.33. The predicted octanol–water partition coefficient (Wildman–Crippen LogP) is 6.11. The van der Waals surface area contributed by atoms with Crippen LogP contribution < -0.4 is 15.7 Å². The Labute approximate surface area is 201 Å². The van der Waals surface area contributed by atoms with E-state index in [-0.39, 0.29) is 5.97 Å². The second-order valence-electron chi connectivity index (χ2n) is 7.81. The van der Waals surface area contributed by atoms with Crippen molar-refractivity contribution in [3.63, 3.8) is 0 Å². The molecular formula is C29H35N2O3+. The van der Waals surface area contributed by atoms with Gasteiger partial charge in [0.05, 0.1) is 18.2 Å². The fraction of sp³-hybridized carbons (Fsp3) is 0.310. The summed E-state index contributed by atoms with van der Waals surface area (Å²) in [6.07, 6.45) is 0. The smallest absolute Gasteiger partial charge is 0.338 e. The summed E-state index contributed by atoms with van der Waals surface area (Å²) in [5.41, 5.74) is 11.8. The Morgan fingerprint density at radius 3 is 2.35 bits per heavy atom. The van der Waals surface area contributed by atoms with Crippen LogP contribution in [0, 0.1) is 6.92 Å². The van der Waals surface area contributed by atoms with E-state index in [4.69, 9.17) is 14.9 Å². The van der Waals surface area contributed by atoms with Gasteiger partial charge < -0.3 is 14.9 Å². The maximum Gasteiger partial charge on any atom is 0.338 e. The van der Waals surface area contributed by atoms with Gasteiger partial charge in [0.1, 0.15) is 24.4 Å². The van der Waals surface area contributed by atoms with Gasteiger partial charge in [-0.1, -0.05) is 32.0 Å². The monoisotopic (exact) mass is 459 g/mol. The summed E-state index contributed by atoms with van der Waals surface area (Å²) in [7, 11) is 0. The number of nitrogen functional groups attached to an aromatic ring is 1. The molecule has 0 radical (unpaired) electrons. The van der Waals surface area contributed by atoms with Crippen LogP contribution in [0.1, 0.15) is 50.5 Å². The number of hydrogen-bond donors (Lipinski definition) is 1. The van der Waals surface area contributed by atoms with E-state index in [1.165, 1.54) is 0 Å². The Hall–Kier alpha value is -3.60. The lowest BCUT2D eigenvalue weighted by atomic mass is 9.90. The molecule has 5 nitrogen and oxygen atoms in total. The highest BCUT2D eigenvalue weighted by molar-refractivity contribution is 6.08. The minimum absolute atomic E-state index is 0.321. The van der Waals surface area contributed by atoms with Gasteiger partial charge in [-0.25, -0.2) is 9.37 Å². The lowest BCUT2D eigenvalue weighted by Crippen LogP contribution is -2.31. The zero-order chi connectivity index (χ0) is 24.8. The summed E-state index contributed by atoms with van der Waals surface area (Å²) in [5.74, 6) is 0.418. The number of rotatable bonds is 5. The third-order valence-corrected chi connectivity index (χ3v) is 5.86. The van der Waals surface area contributed by atoms with Crippen molar-refractivity contribution in [2.75, 3.05) is 25.4 Å². The van der Waals surface area contributed by atoms with Crippen molar-refractivity contribution in [3.8, 4) is 22.5 Å². The highest BCUT2D eigenvalue weighted by atomic mass is 16.5. The van der Waals surface area contributed by atoms with Gasteiger partial charge in [-0.05, 0) is 57.5 Å². The van der Waals surface area contributed by atoms with E-state index in [2.05, 4.69) is 37.5 Å². The van der Waals surface area contributed by atoms with Gasteiger partial charge in [-0.15, -0.1) is 0 Å². The molecule has 0 saturated carbocycles. The van der Waals surface area contributed by atoms with Crippen molar-refractivity contribution in [1.82, 2.24) is 4.58 Å². The standard InChI is InChI=1S/C27H28N2O3.C2H6/c1-5-29(6-2)23-16-25-22(14-17(23)4)26(21-13-12-18(28)15-24(21)32-25)19-10-8-9-11-20(19)27(30)31-7-3;1-2/h8-16,28H,5-7H2,1-4H3;1-2H3/p+1. The summed E-state index contributed by atoms with van der Waals surface area (Å²) >= 11 is 0. The zero-order valence-corrected chi connectivity index (χ0v) is 21.1. The molecule has 0 aromatic heterocycles. The number of nitrogens with two attached hydrogens (primary N) is 1. The molecule has 1 aliphatic heterocycles. The molecule has 0 atom stereocenters. The lowest BCUT2D eigenvalue weighted by Gasteiger charge is -2.18. The molecule has 1 aliphatic carbocycles. The van der Waals surface area contributed by atoms with Gasteiger partial charge in [0, 0.05) is 33.8 Å². The second-order valence-corrected chi connectivity index (χ2v) is 7.81. The third-order valence-electron chi connectivity index (χ3n) is 5.86. The molecular weight excluding hydrogens is 424 g/mol. The van der Waals surface area contributed by atoms with E-state index in [1.54, 1.807) is 0 Å². The van der Waals surface area contributed by atoms with Crippen molar-refractivity contribution in [1.29, 1.82) is 0 Å². The minimum Gasteiger partial charge on any atom is -0.462 e. The van der Waals surface area contributed by atoms with E-state index < -0.39 is 0 Å². The first-order chi connectivity index (χ1) is 16.5. The van der Waals surface area contributed by atoms with Gasteiger partial charge in [0.15, 0.2) is 0 Å². The molecule has 2 aromatic rings. The minimum atomic E-state index is -0.336. The quantitative estimate of drug-likeness (QED) is 0.169. The Morgan fingerprint density at radius 1 is 0.971 bits per heavy atom. The average Bonchev–Trinajstić information content (AvgIpc) is 2.85. The third kappa shape index (κ3) is 4.69. The number of anilines is 1. The van der Waals surface area contributed by atoms with Crippen LogP contribution in [-0.2, 0) is 4.74 Å². The Morgan fingerprint density at radius 2 is 1.68 bits per heavy atom. The average molecular weight is 460 g/mol. The molecule has 0 fully saturated rings. The molecule has 2 N–H and O–H groups in total. The van der Waals surface area contributed by atoms with Crippen molar-refractivity contribution >= 4 is 22.6 Å². The molecule has 0 bridgehead atoms. The number of hydrogen-bond acceptors (Lipinski definition) is 4. The molecule has 0 saturated heterocycles. The van der Waals surface area contributed by atoms with E-state index in [1.807, 2.05) is 63.2 Å². The van der Waals surface area contributed by atoms with Crippen LogP contribution in [-0.4, -0.2) is 25.7 Å². The number of nitrogens with zero attached hydrogens (tertiary/aromatic N) is 1. The van der Waals surface area contributed by atoms with Crippen LogP contribution in [0.3, 0.4) is 0 Å². The van der Waals surface area contributed by atoms with E-state index in [0.29, 0.717) is 23.4 Å². The first-order valence-corrected chi connectivity index (χ1v) is 12.1. The summed E-state index contributed by atoms with van der Waals surface area (Å²) in [5, 5.41) is 2.04. The molecule has 0 amide bonds. The van der Waals surface area contributed by atoms with Crippen LogP contribution in [0.25, 0.3) is 33.4 Å². The second kappa shape index (κ2) is 11.0. The molecule has 5 heteroatoms. The summed E-state index contributed by atoms with van der Waals surface area (Å²) in [4.78, 5) is 12.8. The number of fused-ring (bicyclic) bond motifs is 2. The number of esters is 1. The van der Waals surface area contributed by atoms with Crippen molar-refractivity contribution in [2.45, 2.75) is 41.5 Å². The summed E-state index contributed by atoms with van der Waals surface area (Å²) < 4.78 is 14.0. The summed E-state index contributed by atoms with van der Waals surface area (Å²) in [6.45, 7) is 14.3. The van der Waals surface area contributed by atoms with Gasteiger partial charge >= 0.3 is 5.97 Å². The van der Waals surface area contributed by atoms with E-state index in [0.717, 1.165) is 51.8 Å². The van der Waals surface area contributed by atoms with Crippen molar-refractivity contribution < 1.29 is 13.9 Å². The first kappa shape index (κ1) is 25.0. The van der Waals surface area contributed by atoms with Gasteiger partial charge in [0.25, 0.3) is 0 Å². The number of ether oxygens (including phenoxy) is 1. The van der Waals surface area contributed by atoms with Crippen LogP contribution in [0.15, 0.2) is 59.0 Å². The zero-order valence-electron chi connectivity index (χ0n) is 21.1. The van der Waals surface area contributed by atoms with Crippen LogP contribution in [0.4, 0.5) is 5.69 Å². The Balaban J connectivity index is 0.00000158. The fourth-order valence-electron chi connectivity index (χ4n) is 4.33. The molecule has 2 aliphatic rings. The highest BCUT2D eigenvalue weighted by Gasteiger charge is 2.23. The number of benzene rings is 3.